The number of rotatable bonds is 5. The summed E-state index contributed by atoms with van der Waals surface area (Å²) in [5.74, 6) is 0.838. The quantitative estimate of drug-likeness (QED) is 0.514. The van der Waals surface area contributed by atoms with Crippen molar-refractivity contribution in [1.82, 2.24) is 15.0 Å². The summed E-state index contributed by atoms with van der Waals surface area (Å²) >= 11 is 1.70. The molecule has 3 aromatic heterocycles. The molecule has 4 heteroatoms. The van der Waals surface area contributed by atoms with E-state index in [1.54, 1.807) is 24.2 Å². The summed E-state index contributed by atoms with van der Waals surface area (Å²) < 4.78 is 0. The second-order valence-electron chi connectivity index (χ2n) is 4.57. The van der Waals surface area contributed by atoms with Crippen molar-refractivity contribution in [3.05, 3.63) is 73.6 Å². The zero-order chi connectivity index (χ0) is 15.2. The fourth-order valence-electron chi connectivity index (χ4n) is 2.05. The van der Waals surface area contributed by atoms with E-state index in [0.717, 1.165) is 33.4 Å². The lowest BCUT2D eigenvalue weighted by Gasteiger charge is -2.09. The number of aromatic nitrogens is 3. The van der Waals surface area contributed by atoms with Crippen molar-refractivity contribution in [3.8, 4) is 22.8 Å². The van der Waals surface area contributed by atoms with Gasteiger partial charge in [0.05, 0.1) is 17.1 Å². The highest BCUT2D eigenvalue weighted by atomic mass is 32.2. The van der Waals surface area contributed by atoms with Gasteiger partial charge in [-0.15, -0.1) is 18.3 Å². The van der Waals surface area contributed by atoms with Gasteiger partial charge in [0.2, 0.25) is 0 Å². The smallest absolute Gasteiger partial charge is 0.103 e. The molecule has 0 aromatic carbocycles. The van der Waals surface area contributed by atoms with Gasteiger partial charge >= 0.3 is 0 Å². The van der Waals surface area contributed by atoms with Gasteiger partial charge < -0.3 is 0 Å². The average Bonchev–Trinajstić information content (AvgIpc) is 2.61. The highest BCUT2D eigenvalue weighted by Crippen LogP contribution is 2.31. The Hall–Kier alpha value is -2.46. The van der Waals surface area contributed by atoms with Crippen LogP contribution in [-0.2, 0) is 0 Å². The maximum atomic E-state index is 4.79. The molecule has 3 heterocycles. The molecule has 3 rings (SSSR count). The molecule has 0 aliphatic rings. The molecule has 0 N–H and O–H groups in total. The van der Waals surface area contributed by atoms with E-state index in [4.69, 9.17) is 4.98 Å². The second-order valence-corrected chi connectivity index (χ2v) is 5.63. The molecule has 0 aliphatic heterocycles. The van der Waals surface area contributed by atoms with Crippen molar-refractivity contribution in [3.63, 3.8) is 0 Å². The Kier molecular flexibility index (Phi) is 4.61. The van der Waals surface area contributed by atoms with Crippen LogP contribution in [-0.4, -0.2) is 20.7 Å². The summed E-state index contributed by atoms with van der Waals surface area (Å²) in [6.45, 7) is 3.78. The van der Waals surface area contributed by atoms with Gasteiger partial charge in [-0.2, -0.15) is 0 Å². The van der Waals surface area contributed by atoms with Gasteiger partial charge in [0.25, 0.3) is 0 Å². The van der Waals surface area contributed by atoms with E-state index in [1.165, 1.54) is 0 Å². The average molecular weight is 305 g/mol. The summed E-state index contributed by atoms with van der Waals surface area (Å²) in [4.78, 5) is 14.7. The van der Waals surface area contributed by atoms with Crippen LogP contribution < -0.4 is 0 Å². The molecule has 0 fully saturated rings. The van der Waals surface area contributed by atoms with Gasteiger partial charge in [-0.25, -0.2) is 4.98 Å². The lowest BCUT2D eigenvalue weighted by molar-refractivity contribution is 1.17. The van der Waals surface area contributed by atoms with E-state index < -0.39 is 0 Å². The Balaban J connectivity index is 2.08. The maximum absolute atomic E-state index is 4.79. The molecule has 3 aromatic rings. The first-order valence-electron chi connectivity index (χ1n) is 6.96. The van der Waals surface area contributed by atoms with Gasteiger partial charge in [0.1, 0.15) is 5.69 Å². The minimum Gasteiger partial charge on any atom is -0.255 e. The molecule has 22 heavy (non-hydrogen) atoms. The Bertz CT molecular complexity index is 758. The summed E-state index contributed by atoms with van der Waals surface area (Å²) in [6.07, 6.45) is 5.45. The highest BCUT2D eigenvalue weighted by molar-refractivity contribution is 7.99. The van der Waals surface area contributed by atoms with Crippen molar-refractivity contribution in [2.24, 2.45) is 0 Å². The standard InChI is InChI=1S/C18H15N3S/c1-2-13-22-17-10-9-15(14-7-3-5-11-19-14)21-18(17)16-8-4-6-12-20-16/h2-12H,1,13H2. The molecule has 0 saturated heterocycles. The molecule has 0 unspecified atom stereocenters. The van der Waals surface area contributed by atoms with Crippen LogP contribution in [0.3, 0.4) is 0 Å². The van der Waals surface area contributed by atoms with Crippen molar-refractivity contribution >= 4 is 11.8 Å². The second kappa shape index (κ2) is 7.00. The third-order valence-corrected chi connectivity index (χ3v) is 4.09. The first-order chi connectivity index (χ1) is 10.9. The Morgan fingerprint density at radius 2 is 1.59 bits per heavy atom. The van der Waals surface area contributed by atoms with E-state index in [1.807, 2.05) is 48.5 Å². The number of hydrogen-bond acceptors (Lipinski definition) is 4. The van der Waals surface area contributed by atoms with Crippen LogP contribution in [0.25, 0.3) is 22.8 Å². The third-order valence-electron chi connectivity index (χ3n) is 3.05. The summed E-state index contributed by atoms with van der Waals surface area (Å²) in [7, 11) is 0. The van der Waals surface area contributed by atoms with E-state index in [2.05, 4.69) is 22.6 Å². The van der Waals surface area contributed by atoms with Gasteiger partial charge in [-0.05, 0) is 36.4 Å². The fourth-order valence-corrected chi connectivity index (χ4v) is 2.80. The molecule has 0 aliphatic carbocycles. The zero-order valence-corrected chi connectivity index (χ0v) is 12.8. The molecule has 3 nitrogen and oxygen atoms in total. The molecule has 0 atom stereocenters. The summed E-state index contributed by atoms with van der Waals surface area (Å²) in [5, 5.41) is 0. The van der Waals surface area contributed by atoms with Crippen LogP contribution in [0.5, 0.6) is 0 Å². The first kappa shape index (κ1) is 14.5. The van der Waals surface area contributed by atoms with Crippen LogP contribution in [0.2, 0.25) is 0 Å². The molecular formula is C18H15N3S. The molecule has 0 bridgehead atoms. The van der Waals surface area contributed by atoms with Crippen molar-refractivity contribution in [2.75, 3.05) is 5.75 Å². The zero-order valence-electron chi connectivity index (χ0n) is 12.0. The largest absolute Gasteiger partial charge is 0.255 e. The Morgan fingerprint density at radius 3 is 2.23 bits per heavy atom. The SMILES string of the molecule is C=CCSc1ccc(-c2ccccn2)nc1-c1ccccn1. The van der Waals surface area contributed by atoms with Crippen LogP contribution in [0.1, 0.15) is 0 Å². The molecule has 0 radical (unpaired) electrons. The van der Waals surface area contributed by atoms with Crippen molar-refractivity contribution in [2.45, 2.75) is 4.90 Å². The van der Waals surface area contributed by atoms with Gasteiger partial charge in [-0.1, -0.05) is 18.2 Å². The minimum absolute atomic E-state index is 0.838. The van der Waals surface area contributed by atoms with Crippen LogP contribution in [0.4, 0.5) is 0 Å². The van der Waals surface area contributed by atoms with E-state index in [9.17, 15) is 0 Å². The fraction of sp³-hybridized carbons (Fsp3) is 0.0556. The lowest BCUT2D eigenvalue weighted by Crippen LogP contribution is -1.94. The van der Waals surface area contributed by atoms with E-state index >= 15 is 0 Å². The monoisotopic (exact) mass is 305 g/mol. The van der Waals surface area contributed by atoms with Crippen LogP contribution in [0.15, 0.2) is 78.5 Å². The topological polar surface area (TPSA) is 38.7 Å². The van der Waals surface area contributed by atoms with E-state index in [-0.39, 0.29) is 0 Å². The first-order valence-corrected chi connectivity index (χ1v) is 7.94. The number of nitrogens with zero attached hydrogens (tertiary/aromatic N) is 3. The molecule has 0 amide bonds. The highest BCUT2D eigenvalue weighted by Gasteiger charge is 2.11. The normalized spacial score (nSPS) is 10.4. The molecule has 0 saturated carbocycles. The van der Waals surface area contributed by atoms with Crippen LogP contribution in [0, 0.1) is 0 Å². The maximum Gasteiger partial charge on any atom is 0.103 e. The summed E-state index contributed by atoms with van der Waals surface area (Å²) in [5.41, 5.74) is 3.46. The van der Waals surface area contributed by atoms with Crippen LogP contribution >= 0.6 is 11.8 Å². The Morgan fingerprint density at radius 1 is 0.864 bits per heavy atom. The van der Waals surface area contributed by atoms with Gasteiger partial charge in [0, 0.05) is 23.0 Å². The van der Waals surface area contributed by atoms with Crippen molar-refractivity contribution in [1.29, 1.82) is 0 Å². The molecule has 0 spiro atoms. The Labute approximate surface area is 134 Å². The minimum atomic E-state index is 0.838. The molecular weight excluding hydrogens is 290 g/mol. The van der Waals surface area contributed by atoms with Gasteiger partial charge in [0.15, 0.2) is 0 Å². The molecule has 108 valence electrons. The number of thioether (sulfide) groups is 1. The lowest BCUT2D eigenvalue weighted by atomic mass is 10.2. The van der Waals surface area contributed by atoms with Gasteiger partial charge in [-0.3, -0.25) is 9.97 Å². The van der Waals surface area contributed by atoms with E-state index in [0.29, 0.717) is 0 Å². The number of hydrogen-bond donors (Lipinski definition) is 0. The predicted molar refractivity (Wildman–Crippen MR) is 91.6 cm³/mol. The van der Waals surface area contributed by atoms with Crippen molar-refractivity contribution < 1.29 is 0 Å². The summed E-state index contributed by atoms with van der Waals surface area (Å²) in [6, 6.07) is 15.8. The predicted octanol–water partition coefficient (Wildman–Crippen LogP) is 4.48. The number of pyridine rings is 3. The third kappa shape index (κ3) is 3.23.